The number of hydrogen-bond donors (Lipinski definition) is 4. The van der Waals surface area contributed by atoms with Gasteiger partial charge in [-0.1, -0.05) is 23.7 Å². The summed E-state index contributed by atoms with van der Waals surface area (Å²) in [5.74, 6) is 5.16. The standard InChI is InChI=1S/C34H18N2O6/c1-5-19-9-11-21(7-3)29(13-19)35-31(37)25-15-23-18-28(34(41)42)26(16-24(23)17-27(25)33(39)40)32(38)36-30-14-20(6-2)10-12-22(30)8-4/h1-4,9-18H,(H,35,37)(H,36,38)(H,39,40)(H,41,42). The predicted octanol–water partition coefficient (Wildman–Crippen LogP) is 4.67. The molecule has 0 saturated carbocycles. The molecule has 8 nitrogen and oxygen atoms in total. The summed E-state index contributed by atoms with van der Waals surface area (Å²) in [7, 11) is 0. The van der Waals surface area contributed by atoms with E-state index in [2.05, 4.69) is 34.3 Å². The first-order valence-corrected chi connectivity index (χ1v) is 12.0. The van der Waals surface area contributed by atoms with E-state index in [0.29, 0.717) is 22.3 Å². The van der Waals surface area contributed by atoms with Crippen LogP contribution in [0, 0.1) is 49.4 Å². The molecule has 200 valence electrons. The highest BCUT2D eigenvalue weighted by Gasteiger charge is 2.23. The van der Waals surface area contributed by atoms with Crippen LogP contribution in [0.15, 0.2) is 60.7 Å². The molecule has 0 aliphatic rings. The van der Waals surface area contributed by atoms with Gasteiger partial charge in [-0.3, -0.25) is 9.59 Å². The van der Waals surface area contributed by atoms with Crippen molar-refractivity contribution < 1.29 is 29.4 Å². The molecule has 0 atom stereocenters. The molecule has 4 N–H and O–H groups in total. The van der Waals surface area contributed by atoms with Crippen molar-refractivity contribution in [2.24, 2.45) is 0 Å². The summed E-state index contributed by atoms with van der Waals surface area (Å²) in [6, 6.07) is 13.9. The Bertz CT molecular complexity index is 1880. The van der Waals surface area contributed by atoms with Gasteiger partial charge in [-0.05, 0) is 71.4 Å². The molecule has 0 unspecified atom stereocenters. The Morgan fingerprint density at radius 3 is 1.19 bits per heavy atom. The van der Waals surface area contributed by atoms with Gasteiger partial charge in [-0.2, -0.15) is 0 Å². The zero-order valence-electron chi connectivity index (χ0n) is 21.6. The summed E-state index contributed by atoms with van der Waals surface area (Å²) >= 11 is 0. The van der Waals surface area contributed by atoms with Crippen LogP contribution in [-0.4, -0.2) is 34.0 Å². The largest absolute Gasteiger partial charge is 0.478 e. The van der Waals surface area contributed by atoms with Crippen molar-refractivity contribution in [3.05, 3.63) is 105 Å². The summed E-state index contributed by atoms with van der Waals surface area (Å²) in [4.78, 5) is 50.8. The highest BCUT2D eigenvalue weighted by molar-refractivity contribution is 6.17. The minimum Gasteiger partial charge on any atom is -0.478 e. The first-order chi connectivity index (χ1) is 20.1. The molecule has 4 aromatic rings. The second-order valence-electron chi connectivity index (χ2n) is 8.76. The Morgan fingerprint density at radius 2 is 0.881 bits per heavy atom. The summed E-state index contributed by atoms with van der Waals surface area (Å²) in [6.07, 6.45) is 21.9. The number of benzene rings is 4. The topological polar surface area (TPSA) is 133 Å². The SMILES string of the molecule is C#Cc1ccc(C#C)c(NC(=O)c2cc3cc(C(=O)O)c(C(=O)Nc4cc(C#C)ccc4C#C)cc3cc2C(=O)O)c1. The van der Waals surface area contributed by atoms with Crippen LogP contribution in [0.5, 0.6) is 0 Å². The molecule has 4 rings (SSSR count). The van der Waals surface area contributed by atoms with Crippen molar-refractivity contribution in [2.45, 2.75) is 0 Å². The number of nitrogens with one attached hydrogen (secondary N) is 2. The van der Waals surface area contributed by atoms with Gasteiger partial charge < -0.3 is 20.8 Å². The molecule has 2 amide bonds. The summed E-state index contributed by atoms with van der Waals surface area (Å²) in [5, 5.41) is 25.3. The minimum atomic E-state index is -1.44. The molecule has 0 aliphatic heterocycles. The first kappa shape index (κ1) is 28.3. The summed E-state index contributed by atoms with van der Waals surface area (Å²) in [5.41, 5.74) is 0.499. The normalized spacial score (nSPS) is 9.90. The molecule has 0 aromatic heterocycles. The number of hydrogen-bond acceptors (Lipinski definition) is 4. The third kappa shape index (κ3) is 5.51. The molecule has 0 radical (unpaired) electrons. The van der Waals surface area contributed by atoms with Crippen LogP contribution in [-0.2, 0) is 0 Å². The molecule has 4 aromatic carbocycles. The smallest absolute Gasteiger partial charge is 0.336 e. The van der Waals surface area contributed by atoms with E-state index in [1.807, 2.05) is 0 Å². The molecule has 8 heteroatoms. The fraction of sp³-hybridized carbons (Fsp3) is 0. The van der Waals surface area contributed by atoms with Crippen LogP contribution in [0.4, 0.5) is 11.4 Å². The van der Waals surface area contributed by atoms with E-state index in [-0.39, 0.29) is 33.3 Å². The van der Waals surface area contributed by atoms with Crippen molar-refractivity contribution in [3.8, 4) is 49.4 Å². The van der Waals surface area contributed by atoms with Gasteiger partial charge in [0.15, 0.2) is 0 Å². The molecule has 42 heavy (non-hydrogen) atoms. The Labute approximate surface area is 240 Å². The van der Waals surface area contributed by atoms with Crippen molar-refractivity contribution >= 4 is 45.9 Å². The lowest BCUT2D eigenvalue weighted by Crippen LogP contribution is -2.19. The minimum absolute atomic E-state index is 0.187. The molecule has 0 bridgehead atoms. The molecular formula is C34H18N2O6. The number of carbonyl (C=O) groups excluding carboxylic acids is 2. The van der Waals surface area contributed by atoms with Crippen molar-refractivity contribution in [3.63, 3.8) is 0 Å². The first-order valence-electron chi connectivity index (χ1n) is 12.0. The summed E-state index contributed by atoms with van der Waals surface area (Å²) in [6.45, 7) is 0. The highest BCUT2D eigenvalue weighted by Crippen LogP contribution is 2.28. The number of amides is 2. The maximum absolute atomic E-state index is 13.3. The number of aromatic carboxylic acids is 2. The van der Waals surface area contributed by atoms with Crippen molar-refractivity contribution in [1.82, 2.24) is 0 Å². The fourth-order valence-corrected chi connectivity index (χ4v) is 4.19. The predicted molar refractivity (Wildman–Crippen MR) is 158 cm³/mol. The molecule has 0 saturated heterocycles. The lowest BCUT2D eigenvalue weighted by Gasteiger charge is -2.14. The van der Waals surface area contributed by atoms with Gasteiger partial charge >= 0.3 is 11.9 Å². The van der Waals surface area contributed by atoms with E-state index >= 15 is 0 Å². The number of fused-ring (bicyclic) bond motifs is 1. The van der Waals surface area contributed by atoms with Crippen LogP contribution in [0.25, 0.3) is 10.8 Å². The van der Waals surface area contributed by atoms with E-state index in [1.165, 1.54) is 48.5 Å². The van der Waals surface area contributed by atoms with Gasteiger partial charge in [0.2, 0.25) is 0 Å². The third-order valence-corrected chi connectivity index (χ3v) is 6.24. The van der Waals surface area contributed by atoms with Crippen LogP contribution in [0.1, 0.15) is 63.7 Å². The summed E-state index contributed by atoms with van der Waals surface area (Å²) < 4.78 is 0. The molecule has 0 aliphatic carbocycles. The number of rotatable bonds is 6. The van der Waals surface area contributed by atoms with Gasteiger partial charge in [0.25, 0.3) is 11.8 Å². The number of carboxylic acids is 2. The second kappa shape index (κ2) is 11.6. The maximum Gasteiger partial charge on any atom is 0.336 e. The van der Waals surface area contributed by atoms with E-state index in [1.54, 1.807) is 12.1 Å². The average molecular weight is 551 g/mol. The van der Waals surface area contributed by atoms with Crippen LogP contribution in [0.2, 0.25) is 0 Å². The third-order valence-electron chi connectivity index (χ3n) is 6.24. The van der Waals surface area contributed by atoms with Gasteiger partial charge in [-0.15, -0.1) is 25.7 Å². The number of carboxylic acid groups (broad SMARTS) is 2. The van der Waals surface area contributed by atoms with Gasteiger partial charge in [0.1, 0.15) is 0 Å². The van der Waals surface area contributed by atoms with E-state index in [4.69, 9.17) is 25.7 Å². The zero-order valence-corrected chi connectivity index (χ0v) is 21.6. The van der Waals surface area contributed by atoms with E-state index < -0.39 is 34.9 Å². The van der Waals surface area contributed by atoms with Gasteiger partial charge in [-0.25, -0.2) is 9.59 Å². The van der Waals surface area contributed by atoms with Crippen molar-refractivity contribution in [2.75, 3.05) is 10.6 Å². The molecular weight excluding hydrogens is 532 g/mol. The molecule has 0 spiro atoms. The Balaban J connectivity index is 1.82. The van der Waals surface area contributed by atoms with E-state index in [9.17, 15) is 29.4 Å². The van der Waals surface area contributed by atoms with Crippen LogP contribution in [0.3, 0.4) is 0 Å². The lowest BCUT2D eigenvalue weighted by atomic mass is 9.95. The lowest BCUT2D eigenvalue weighted by molar-refractivity contribution is 0.0683. The Kier molecular flexibility index (Phi) is 7.78. The maximum atomic E-state index is 13.3. The number of carbonyl (C=O) groups is 4. The quantitative estimate of drug-likeness (QED) is 0.258. The molecule has 0 heterocycles. The van der Waals surface area contributed by atoms with Gasteiger partial charge in [0.05, 0.1) is 33.6 Å². The Hall–Kier alpha value is -6.74. The number of terminal acetylenes is 4. The fourth-order valence-electron chi connectivity index (χ4n) is 4.19. The molecule has 0 fully saturated rings. The van der Waals surface area contributed by atoms with Gasteiger partial charge in [0, 0.05) is 22.3 Å². The monoisotopic (exact) mass is 550 g/mol. The van der Waals surface area contributed by atoms with E-state index in [0.717, 1.165) is 0 Å². The highest BCUT2D eigenvalue weighted by atomic mass is 16.4. The zero-order chi connectivity index (χ0) is 30.6. The second-order valence-corrected chi connectivity index (χ2v) is 8.76. The Morgan fingerprint density at radius 1 is 0.524 bits per heavy atom. The average Bonchev–Trinajstić information content (AvgIpc) is 2.99. The van der Waals surface area contributed by atoms with Crippen LogP contribution < -0.4 is 10.6 Å². The van der Waals surface area contributed by atoms with Crippen LogP contribution >= 0.6 is 0 Å². The number of anilines is 2. The van der Waals surface area contributed by atoms with Crippen molar-refractivity contribution in [1.29, 1.82) is 0 Å².